The summed E-state index contributed by atoms with van der Waals surface area (Å²) in [5, 5.41) is 72.2. The number of nitrogens with one attached hydrogen (secondary N) is 2. The Morgan fingerprint density at radius 1 is 0.588 bits per heavy atom. The minimum absolute atomic E-state index is 0.176. The second-order valence-corrected chi connectivity index (χ2v) is 11.7. The number of carboxylic acids is 4. The molecule has 0 saturated carbocycles. The van der Waals surface area contributed by atoms with Crippen LogP contribution < -0.4 is 10.6 Å². The fourth-order valence-corrected chi connectivity index (χ4v) is 2.50. The maximum absolute atomic E-state index is 11.6. The lowest BCUT2D eigenvalue weighted by atomic mass is 9.82. The van der Waals surface area contributed by atoms with E-state index in [9.17, 15) is 28.8 Å². The molecule has 2 amide bonds. The van der Waals surface area contributed by atoms with E-state index in [1.54, 1.807) is 0 Å². The molecule has 18 heteroatoms. The van der Waals surface area contributed by atoms with E-state index < -0.39 is 74.7 Å². The van der Waals surface area contributed by atoms with Gasteiger partial charge in [0.2, 0.25) is 0 Å². The van der Waals surface area contributed by atoms with E-state index in [0.29, 0.717) is 19.5 Å². The first-order valence-electron chi connectivity index (χ1n) is 15.1. The van der Waals surface area contributed by atoms with Crippen LogP contribution in [0.4, 0.5) is 9.59 Å². The Bertz CT molecular complexity index is 982. The number of ether oxygens (including phenoxy) is 2. The van der Waals surface area contributed by atoms with Crippen molar-refractivity contribution in [3.05, 3.63) is 48.6 Å². The van der Waals surface area contributed by atoms with Crippen molar-refractivity contribution < 1.29 is 79.1 Å². The van der Waals surface area contributed by atoms with Crippen molar-refractivity contribution in [1.82, 2.24) is 10.6 Å². The van der Waals surface area contributed by atoms with Crippen LogP contribution in [-0.4, -0.2) is 129 Å². The predicted molar refractivity (Wildman–Crippen MR) is 187 cm³/mol. The fourth-order valence-electron chi connectivity index (χ4n) is 2.50. The van der Waals surface area contributed by atoms with E-state index in [-0.39, 0.29) is 33.6 Å². The average molecular weight is 739 g/mol. The summed E-state index contributed by atoms with van der Waals surface area (Å²) in [6.45, 7) is 23.3. The summed E-state index contributed by atoms with van der Waals surface area (Å²) in [4.78, 5) is 61.5. The number of aliphatic hydroxyl groups is 4. The molecule has 0 spiro atoms. The van der Waals surface area contributed by atoms with Gasteiger partial charge in [-0.1, -0.05) is 47.1 Å². The van der Waals surface area contributed by atoms with Gasteiger partial charge in [-0.3, -0.25) is 0 Å². The van der Waals surface area contributed by atoms with Crippen LogP contribution in [0.2, 0.25) is 0 Å². The van der Waals surface area contributed by atoms with E-state index in [1.807, 2.05) is 20.8 Å². The quantitative estimate of drug-likeness (QED) is 0.0956. The summed E-state index contributed by atoms with van der Waals surface area (Å²) >= 11 is 0. The summed E-state index contributed by atoms with van der Waals surface area (Å²) in [7, 11) is 0. The molecule has 296 valence electrons. The number of hydrogen-bond acceptors (Lipinski definition) is 12. The Balaban J connectivity index is -0.000000234. The van der Waals surface area contributed by atoms with Gasteiger partial charge in [-0.25, -0.2) is 28.8 Å². The number of carboxylic acid groups (broad SMARTS) is 4. The molecule has 51 heavy (non-hydrogen) atoms. The van der Waals surface area contributed by atoms with Gasteiger partial charge in [0, 0.05) is 35.4 Å². The van der Waals surface area contributed by atoms with Crippen LogP contribution in [0, 0.1) is 11.3 Å². The van der Waals surface area contributed by atoms with Crippen molar-refractivity contribution in [2.75, 3.05) is 39.5 Å². The molecular weight excluding hydrogens is 680 g/mol. The standard InChI is InChI=1S/C17H34N2O8.4C4H6O2/c1-12(4-5-18-15(24)26-13(7-20)8-21)6-17(2,3)11-19-16(25)27-14(9-22)10-23;4*1-3(2)4(5)6/h12-14,20-23H,4-11H2,1-3H3,(H,18,24)(H,19,25);4*1H2,2H3,(H,5,6). The van der Waals surface area contributed by atoms with Crippen LogP contribution in [0.3, 0.4) is 0 Å². The second-order valence-electron chi connectivity index (χ2n) is 11.7. The lowest BCUT2D eigenvalue weighted by Crippen LogP contribution is -2.38. The van der Waals surface area contributed by atoms with Crippen LogP contribution in [0.15, 0.2) is 48.6 Å². The number of aliphatic carboxylic acids is 4. The van der Waals surface area contributed by atoms with Crippen LogP contribution in [0.1, 0.15) is 61.3 Å². The molecule has 1 unspecified atom stereocenters. The van der Waals surface area contributed by atoms with Gasteiger partial charge >= 0.3 is 36.1 Å². The molecule has 0 aliphatic rings. The van der Waals surface area contributed by atoms with Crippen LogP contribution in [0.25, 0.3) is 0 Å². The predicted octanol–water partition coefficient (Wildman–Crippen LogP) is 2.18. The number of rotatable bonds is 17. The van der Waals surface area contributed by atoms with Crippen molar-refractivity contribution in [2.45, 2.75) is 73.5 Å². The third-order valence-corrected chi connectivity index (χ3v) is 5.34. The molecule has 1 atom stereocenters. The summed E-state index contributed by atoms with van der Waals surface area (Å²) < 4.78 is 9.64. The number of alkyl carbamates (subject to hydrolysis) is 2. The SMILES string of the molecule is C=C(C)C(=O)O.C=C(C)C(=O)O.C=C(C)C(=O)O.C=C(C)C(=O)O.CC(CCNC(=O)OC(CO)CO)CC(C)(C)CNC(=O)OC(CO)CO. The molecule has 0 radical (unpaired) electrons. The fraction of sp³-hybridized carbons (Fsp3) is 0.576. The molecule has 0 bridgehead atoms. The lowest BCUT2D eigenvalue weighted by Gasteiger charge is -2.28. The van der Waals surface area contributed by atoms with Crippen molar-refractivity contribution in [3.63, 3.8) is 0 Å². The first kappa shape index (κ1) is 55.6. The highest BCUT2D eigenvalue weighted by Gasteiger charge is 2.23. The average Bonchev–Trinajstić information content (AvgIpc) is 3.02. The van der Waals surface area contributed by atoms with E-state index in [4.69, 9.17) is 50.3 Å². The first-order valence-corrected chi connectivity index (χ1v) is 15.1. The number of carbonyl (C=O) groups excluding carboxylic acids is 2. The van der Waals surface area contributed by atoms with Gasteiger partial charge in [0.1, 0.15) is 12.2 Å². The zero-order chi connectivity index (χ0) is 41.5. The third-order valence-electron chi connectivity index (χ3n) is 5.34. The topological polar surface area (TPSA) is 307 Å². The number of amides is 2. The molecule has 10 N–H and O–H groups in total. The summed E-state index contributed by atoms with van der Waals surface area (Å²) in [6.07, 6.45) is -1.80. The minimum Gasteiger partial charge on any atom is -0.478 e. The summed E-state index contributed by atoms with van der Waals surface area (Å²) in [5.41, 5.74) is 0.473. The minimum atomic E-state index is -0.936. The monoisotopic (exact) mass is 738 g/mol. The molecule has 0 aliphatic heterocycles. The highest BCUT2D eigenvalue weighted by molar-refractivity contribution is 5.85. The molecule has 0 aromatic carbocycles. The number of hydrogen-bond donors (Lipinski definition) is 10. The maximum Gasteiger partial charge on any atom is 0.407 e. The smallest absolute Gasteiger partial charge is 0.407 e. The van der Waals surface area contributed by atoms with Gasteiger partial charge in [-0.05, 0) is 51.9 Å². The molecule has 0 fully saturated rings. The Hall–Kier alpha value is -4.78. The number of aliphatic hydroxyl groups excluding tert-OH is 4. The lowest BCUT2D eigenvalue weighted by molar-refractivity contribution is -0.133. The highest BCUT2D eigenvalue weighted by Crippen LogP contribution is 2.26. The second kappa shape index (κ2) is 32.4. The molecule has 18 nitrogen and oxygen atoms in total. The van der Waals surface area contributed by atoms with Crippen molar-refractivity contribution >= 4 is 36.1 Å². The van der Waals surface area contributed by atoms with Gasteiger partial charge in [0.05, 0.1) is 26.4 Å². The third kappa shape index (κ3) is 43.2. The van der Waals surface area contributed by atoms with Crippen molar-refractivity contribution in [3.8, 4) is 0 Å². The van der Waals surface area contributed by atoms with Crippen molar-refractivity contribution in [2.24, 2.45) is 11.3 Å². The maximum atomic E-state index is 11.6. The van der Waals surface area contributed by atoms with E-state index in [1.165, 1.54) is 27.7 Å². The van der Waals surface area contributed by atoms with E-state index in [2.05, 4.69) is 36.9 Å². The van der Waals surface area contributed by atoms with Gasteiger partial charge in [0.25, 0.3) is 0 Å². The van der Waals surface area contributed by atoms with Gasteiger partial charge in [0.15, 0.2) is 0 Å². The largest absolute Gasteiger partial charge is 0.478 e. The molecule has 0 aliphatic carbocycles. The Morgan fingerprint density at radius 3 is 1.08 bits per heavy atom. The van der Waals surface area contributed by atoms with Crippen LogP contribution in [-0.2, 0) is 28.7 Å². The number of carbonyl (C=O) groups is 6. The zero-order valence-corrected chi connectivity index (χ0v) is 30.6. The van der Waals surface area contributed by atoms with Gasteiger partial charge in [-0.15, -0.1) is 0 Å². The highest BCUT2D eigenvalue weighted by atomic mass is 16.6. The van der Waals surface area contributed by atoms with Crippen LogP contribution in [0.5, 0.6) is 0 Å². The Labute approximate surface area is 298 Å². The summed E-state index contributed by atoms with van der Waals surface area (Å²) in [6, 6.07) is 0. The molecule has 0 aromatic rings. The Kier molecular flexibility index (Phi) is 35.4. The molecule has 0 rings (SSSR count). The van der Waals surface area contributed by atoms with Crippen molar-refractivity contribution in [1.29, 1.82) is 0 Å². The first-order chi connectivity index (χ1) is 23.2. The molecule has 0 saturated heterocycles. The van der Waals surface area contributed by atoms with Crippen LogP contribution >= 0.6 is 0 Å². The van der Waals surface area contributed by atoms with Gasteiger partial charge in [-0.2, -0.15) is 0 Å². The Morgan fingerprint density at radius 2 is 0.843 bits per heavy atom. The molecule has 0 heterocycles. The molecule has 0 aromatic heterocycles. The van der Waals surface area contributed by atoms with Gasteiger partial charge < -0.3 is 61.0 Å². The normalized spacial score (nSPS) is 10.3. The van der Waals surface area contributed by atoms with E-state index >= 15 is 0 Å². The molecular formula is C33H58N2O16. The van der Waals surface area contributed by atoms with E-state index in [0.717, 1.165) is 6.42 Å². The zero-order valence-electron chi connectivity index (χ0n) is 30.6. The summed E-state index contributed by atoms with van der Waals surface area (Å²) in [5.74, 6) is -3.50.